The first-order valence-corrected chi connectivity index (χ1v) is 7.71. The van der Waals surface area contributed by atoms with E-state index in [4.69, 9.17) is 0 Å². The van der Waals surface area contributed by atoms with Gasteiger partial charge in [0.15, 0.2) is 0 Å². The maximum atomic E-state index is 13.5. The summed E-state index contributed by atoms with van der Waals surface area (Å²) >= 11 is 0. The molecule has 0 saturated carbocycles. The van der Waals surface area contributed by atoms with Crippen LogP contribution in [0.25, 0.3) is 0 Å². The summed E-state index contributed by atoms with van der Waals surface area (Å²) in [4.78, 5) is 14.3. The van der Waals surface area contributed by atoms with E-state index < -0.39 is 23.2 Å². The van der Waals surface area contributed by atoms with Crippen LogP contribution in [0.5, 0.6) is 0 Å². The van der Waals surface area contributed by atoms with Crippen LogP contribution in [-0.2, 0) is 11.2 Å². The van der Waals surface area contributed by atoms with Gasteiger partial charge in [0.25, 0.3) is 0 Å². The normalized spacial score (nSPS) is 14.1. The molecule has 0 unspecified atom stereocenters. The Morgan fingerprint density at radius 2 is 1.61 bits per heavy atom. The van der Waals surface area contributed by atoms with Crippen LogP contribution >= 0.6 is 0 Å². The number of para-hydroxylation sites is 1. The number of amides is 1. The molecule has 2 aromatic rings. The van der Waals surface area contributed by atoms with Crippen molar-refractivity contribution in [3.63, 3.8) is 0 Å². The molecule has 1 heterocycles. The molecular formula is C18H18F2N2O. The first-order valence-electron chi connectivity index (χ1n) is 7.71. The van der Waals surface area contributed by atoms with Crippen molar-refractivity contribution < 1.29 is 13.6 Å². The monoisotopic (exact) mass is 316 g/mol. The zero-order valence-corrected chi connectivity index (χ0v) is 12.7. The van der Waals surface area contributed by atoms with Gasteiger partial charge in [0.2, 0.25) is 5.91 Å². The first kappa shape index (κ1) is 15.5. The van der Waals surface area contributed by atoms with Gasteiger partial charge in [-0.3, -0.25) is 4.79 Å². The number of benzene rings is 2. The smallest absolute Gasteiger partial charge is 0.228 e. The second-order valence-corrected chi connectivity index (χ2v) is 5.68. The third kappa shape index (κ3) is 3.67. The highest BCUT2D eigenvalue weighted by Crippen LogP contribution is 2.21. The van der Waals surface area contributed by atoms with E-state index in [0.29, 0.717) is 0 Å². The predicted octanol–water partition coefficient (Wildman–Crippen LogP) is 3.75. The van der Waals surface area contributed by atoms with E-state index in [-0.39, 0.29) is 6.42 Å². The number of hydrogen-bond acceptors (Lipinski definition) is 2. The quantitative estimate of drug-likeness (QED) is 0.932. The van der Waals surface area contributed by atoms with Crippen molar-refractivity contribution in [3.8, 4) is 0 Å². The Kier molecular flexibility index (Phi) is 4.55. The minimum atomic E-state index is -0.775. The summed E-state index contributed by atoms with van der Waals surface area (Å²) in [6.45, 7) is 2.12. The Balaban J connectivity index is 1.63. The Labute approximate surface area is 133 Å². The highest BCUT2D eigenvalue weighted by Gasteiger charge is 2.14. The number of nitrogens with one attached hydrogen (secondary N) is 1. The minimum Gasteiger partial charge on any atom is -0.372 e. The fourth-order valence-electron chi connectivity index (χ4n) is 2.79. The molecule has 23 heavy (non-hydrogen) atoms. The van der Waals surface area contributed by atoms with Crippen LogP contribution < -0.4 is 10.2 Å². The number of carbonyl (C=O) groups is 1. The number of anilines is 2. The van der Waals surface area contributed by atoms with E-state index in [1.807, 2.05) is 24.3 Å². The molecule has 2 aromatic carbocycles. The van der Waals surface area contributed by atoms with E-state index in [1.165, 1.54) is 18.9 Å². The second kappa shape index (κ2) is 6.77. The molecule has 5 heteroatoms. The van der Waals surface area contributed by atoms with Gasteiger partial charge >= 0.3 is 0 Å². The lowest BCUT2D eigenvalue weighted by Gasteiger charge is -2.17. The molecule has 0 spiro atoms. The first-order chi connectivity index (χ1) is 11.1. The molecule has 1 saturated heterocycles. The van der Waals surface area contributed by atoms with Crippen molar-refractivity contribution in [1.82, 2.24) is 0 Å². The summed E-state index contributed by atoms with van der Waals surface area (Å²) in [7, 11) is 0. The number of nitrogens with zero attached hydrogens (tertiary/aromatic N) is 1. The van der Waals surface area contributed by atoms with E-state index >= 15 is 0 Å². The Morgan fingerprint density at radius 3 is 2.22 bits per heavy atom. The largest absolute Gasteiger partial charge is 0.372 e. The van der Waals surface area contributed by atoms with Gasteiger partial charge in [0, 0.05) is 18.8 Å². The molecule has 3 nitrogen and oxygen atoms in total. The summed E-state index contributed by atoms with van der Waals surface area (Å²) in [5.74, 6) is -1.99. The van der Waals surface area contributed by atoms with Gasteiger partial charge < -0.3 is 10.2 Å². The standard InChI is InChI=1S/C18H18F2N2O/c19-15-4-3-5-16(20)18(15)21-17(23)12-13-6-8-14(9-7-13)22-10-1-2-11-22/h3-9H,1-2,10-12H2,(H,21,23). The van der Waals surface area contributed by atoms with Crippen LogP contribution in [0.15, 0.2) is 42.5 Å². The number of hydrogen-bond donors (Lipinski definition) is 1. The average Bonchev–Trinajstić information content (AvgIpc) is 3.06. The molecular weight excluding hydrogens is 298 g/mol. The van der Waals surface area contributed by atoms with Crippen LogP contribution in [-0.4, -0.2) is 19.0 Å². The summed E-state index contributed by atoms with van der Waals surface area (Å²) in [6, 6.07) is 11.2. The zero-order chi connectivity index (χ0) is 16.2. The van der Waals surface area contributed by atoms with Gasteiger partial charge in [-0.2, -0.15) is 0 Å². The molecule has 3 rings (SSSR count). The van der Waals surface area contributed by atoms with Crippen molar-refractivity contribution in [2.45, 2.75) is 19.3 Å². The Hall–Kier alpha value is -2.43. The molecule has 0 radical (unpaired) electrons. The van der Waals surface area contributed by atoms with Crippen molar-refractivity contribution in [2.24, 2.45) is 0 Å². The van der Waals surface area contributed by atoms with Crippen LogP contribution in [0.1, 0.15) is 18.4 Å². The lowest BCUT2D eigenvalue weighted by molar-refractivity contribution is -0.115. The summed E-state index contributed by atoms with van der Waals surface area (Å²) in [6.07, 6.45) is 2.49. The fraction of sp³-hybridized carbons (Fsp3) is 0.278. The Morgan fingerprint density at radius 1 is 1.00 bits per heavy atom. The lowest BCUT2D eigenvalue weighted by Crippen LogP contribution is -2.18. The maximum absolute atomic E-state index is 13.5. The summed E-state index contributed by atoms with van der Waals surface area (Å²) in [5, 5.41) is 2.30. The molecule has 0 aromatic heterocycles. The van der Waals surface area contributed by atoms with E-state index in [2.05, 4.69) is 10.2 Å². The van der Waals surface area contributed by atoms with Crippen LogP contribution in [0.2, 0.25) is 0 Å². The van der Waals surface area contributed by atoms with Crippen LogP contribution in [0.4, 0.5) is 20.2 Å². The number of rotatable bonds is 4. The average molecular weight is 316 g/mol. The van der Waals surface area contributed by atoms with Crippen LogP contribution in [0.3, 0.4) is 0 Å². The van der Waals surface area contributed by atoms with Gasteiger partial charge in [0.1, 0.15) is 17.3 Å². The van der Waals surface area contributed by atoms with Gasteiger partial charge in [-0.25, -0.2) is 8.78 Å². The molecule has 1 N–H and O–H groups in total. The van der Waals surface area contributed by atoms with Crippen molar-refractivity contribution >= 4 is 17.3 Å². The van der Waals surface area contributed by atoms with Crippen molar-refractivity contribution in [2.75, 3.05) is 23.3 Å². The van der Waals surface area contributed by atoms with Gasteiger partial charge in [-0.1, -0.05) is 18.2 Å². The molecule has 120 valence electrons. The Bertz CT molecular complexity index is 674. The number of halogens is 2. The molecule has 1 fully saturated rings. The van der Waals surface area contributed by atoms with Gasteiger partial charge in [-0.15, -0.1) is 0 Å². The zero-order valence-electron chi connectivity index (χ0n) is 12.7. The highest BCUT2D eigenvalue weighted by molar-refractivity contribution is 5.92. The van der Waals surface area contributed by atoms with Gasteiger partial charge in [-0.05, 0) is 42.7 Å². The minimum absolute atomic E-state index is 0.0774. The number of carbonyl (C=O) groups excluding carboxylic acids is 1. The summed E-state index contributed by atoms with van der Waals surface area (Å²) < 4.78 is 27.0. The summed E-state index contributed by atoms with van der Waals surface area (Å²) in [5.41, 5.74) is 1.56. The second-order valence-electron chi connectivity index (χ2n) is 5.68. The molecule has 0 aliphatic carbocycles. The molecule has 1 aliphatic rings. The topological polar surface area (TPSA) is 32.3 Å². The van der Waals surface area contributed by atoms with Crippen molar-refractivity contribution in [1.29, 1.82) is 0 Å². The third-order valence-corrected chi connectivity index (χ3v) is 4.00. The highest BCUT2D eigenvalue weighted by atomic mass is 19.1. The lowest BCUT2D eigenvalue weighted by atomic mass is 10.1. The molecule has 0 atom stereocenters. The molecule has 1 amide bonds. The predicted molar refractivity (Wildman–Crippen MR) is 86.6 cm³/mol. The van der Waals surface area contributed by atoms with Crippen LogP contribution in [0, 0.1) is 11.6 Å². The fourth-order valence-corrected chi connectivity index (χ4v) is 2.79. The van der Waals surface area contributed by atoms with Crippen molar-refractivity contribution in [3.05, 3.63) is 59.7 Å². The van der Waals surface area contributed by atoms with Gasteiger partial charge in [0.05, 0.1) is 6.42 Å². The van der Waals surface area contributed by atoms with E-state index in [0.717, 1.165) is 36.5 Å². The maximum Gasteiger partial charge on any atom is 0.228 e. The molecule has 0 bridgehead atoms. The third-order valence-electron chi connectivity index (χ3n) is 4.00. The molecule has 1 aliphatic heterocycles. The van der Waals surface area contributed by atoms with E-state index in [9.17, 15) is 13.6 Å². The SMILES string of the molecule is O=C(Cc1ccc(N2CCCC2)cc1)Nc1c(F)cccc1F. The van der Waals surface area contributed by atoms with E-state index in [1.54, 1.807) is 0 Å².